The minimum Gasteiger partial charge on any atom is -0.493 e. The summed E-state index contributed by atoms with van der Waals surface area (Å²) in [5, 5.41) is 33.4. The average Bonchev–Trinajstić information content (AvgIpc) is 3.27. The summed E-state index contributed by atoms with van der Waals surface area (Å²) < 4.78 is 12.1. The first-order chi connectivity index (χ1) is 27.9. The van der Waals surface area contributed by atoms with Crippen LogP contribution in [0.2, 0.25) is 0 Å². The van der Waals surface area contributed by atoms with Gasteiger partial charge in [-0.05, 0) is 59.7 Å². The number of benzene rings is 6. The summed E-state index contributed by atoms with van der Waals surface area (Å²) in [4.78, 5) is 27.8. The maximum Gasteiger partial charge on any atom is 0.275 e. The molecule has 2 unspecified atom stereocenters. The van der Waals surface area contributed by atoms with Crippen LogP contribution in [0.3, 0.4) is 0 Å². The third kappa shape index (κ3) is 6.56. The molecule has 10 nitrogen and oxygen atoms in total. The predicted octanol–water partition coefficient (Wildman–Crippen LogP) is 8.39. The molecule has 0 aliphatic carbocycles. The predicted molar refractivity (Wildman–Crippen MR) is 215 cm³/mol. The fourth-order valence-electron chi connectivity index (χ4n) is 7.43. The maximum absolute atomic E-state index is 13.9. The van der Waals surface area contributed by atoms with Gasteiger partial charge in [0.25, 0.3) is 11.8 Å². The van der Waals surface area contributed by atoms with E-state index in [0.29, 0.717) is 45.1 Å². The summed E-state index contributed by atoms with van der Waals surface area (Å²) in [6.07, 6.45) is 3.49. The number of rotatable bonds is 9. The van der Waals surface area contributed by atoms with Crippen molar-refractivity contribution in [2.24, 2.45) is 10.2 Å². The molecule has 0 saturated heterocycles. The van der Waals surface area contributed by atoms with E-state index in [4.69, 9.17) is 9.47 Å². The Labute approximate surface area is 329 Å². The van der Waals surface area contributed by atoms with Crippen molar-refractivity contribution < 1.29 is 19.1 Å². The number of nitriles is 2. The van der Waals surface area contributed by atoms with Crippen LogP contribution in [0.1, 0.15) is 54.1 Å². The molecule has 2 heterocycles. The van der Waals surface area contributed by atoms with Gasteiger partial charge in [0, 0.05) is 46.2 Å². The highest BCUT2D eigenvalue weighted by atomic mass is 16.5. The number of nitrogens with zero attached hydrogens (tertiary/aromatic N) is 6. The van der Waals surface area contributed by atoms with Crippen LogP contribution in [0, 0.1) is 22.7 Å². The highest BCUT2D eigenvalue weighted by molar-refractivity contribution is 5.98. The normalized spacial score (nSPS) is 17.7. The Morgan fingerprint density at radius 3 is 1.53 bits per heavy atom. The highest BCUT2D eigenvalue weighted by Crippen LogP contribution is 2.42. The minimum atomic E-state index is -1.47. The number of carbonyl (C=O) groups is 2. The molecule has 2 atom stereocenters. The molecule has 0 aromatic heterocycles. The second-order valence-electron chi connectivity index (χ2n) is 13.7. The molecule has 2 aliphatic heterocycles. The summed E-state index contributed by atoms with van der Waals surface area (Å²) in [6.45, 7) is 0. The first-order valence-electron chi connectivity index (χ1n) is 18.2. The Kier molecular flexibility index (Phi) is 9.60. The van der Waals surface area contributed by atoms with Gasteiger partial charge in [0.2, 0.25) is 0 Å². The van der Waals surface area contributed by atoms with Crippen molar-refractivity contribution in [1.29, 1.82) is 10.5 Å². The van der Waals surface area contributed by atoms with Gasteiger partial charge in [-0.2, -0.15) is 20.7 Å². The van der Waals surface area contributed by atoms with Crippen LogP contribution < -0.4 is 9.47 Å². The molecule has 10 heteroatoms. The van der Waals surface area contributed by atoms with Gasteiger partial charge in [-0.3, -0.25) is 9.59 Å². The molecule has 0 spiro atoms. The summed E-state index contributed by atoms with van der Waals surface area (Å²) >= 11 is 0. The number of carbonyl (C=O) groups excluding carboxylic acids is 2. The van der Waals surface area contributed by atoms with E-state index in [1.165, 1.54) is 10.0 Å². The lowest BCUT2D eigenvalue weighted by atomic mass is 9.80. The Hall–Kier alpha value is -7.82. The van der Waals surface area contributed by atoms with Gasteiger partial charge >= 0.3 is 0 Å². The molecule has 0 bridgehead atoms. The number of amides is 2. The molecule has 6 aromatic rings. The molecule has 0 fully saturated rings. The van der Waals surface area contributed by atoms with E-state index < -0.39 is 17.0 Å². The number of ether oxygens (including phenoxy) is 2. The molecule has 0 radical (unpaired) electrons. The molecular weight excluding hydrogens is 713 g/mol. The van der Waals surface area contributed by atoms with E-state index >= 15 is 0 Å². The van der Waals surface area contributed by atoms with Crippen LogP contribution in [0.5, 0.6) is 17.2 Å². The molecule has 0 N–H and O–H groups in total. The fourth-order valence-corrected chi connectivity index (χ4v) is 7.43. The zero-order valence-corrected chi connectivity index (χ0v) is 30.8. The van der Waals surface area contributed by atoms with Crippen molar-refractivity contribution in [3.05, 3.63) is 196 Å². The SMILES string of the molecule is COc1ccc(CC2(C#N)c3ccccc3C=NN2C(=O)c2ccccc2)cc1Oc1ccc(CC2(C#N)c3ccccc3C=NN2C(=O)c2ccccc2)cc1. The van der Waals surface area contributed by atoms with E-state index in [1.807, 2.05) is 78.9 Å². The fraction of sp³-hybridized carbons (Fsp3) is 0.106. The number of methoxy groups -OCH3 is 1. The lowest BCUT2D eigenvalue weighted by molar-refractivity contribution is 0.0571. The van der Waals surface area contributed by atoms with Crippen LogP contribution >= 0.6 is 0 Å². The number of hydrogen-bond donors (Lipinski definition) is 0. The molecule has 2 aliphatic rings. The van der Waals surface area contributed by atoms with E-state index in [2.05, 4.69) is 22.3 Å². The summed E-state index contributed by atoms with van der Waals surface area (Å²) in [6, 6.07) is 50.1. The second kappa shape index (κ2) is 15.1. The summed E-state index contributed by atoms with van der Waals surface area (Å²) in [7, 11) is 1.54. The van der Waals surface area contributed by atoms with Crippen molar-refractivity contribution in [2.45, 2.75) is 23.9 Å². The van der Waals surface area contributed by atoms with Gasteiger partial charge in [-0.1, -0.05) is 103 Å². The van der Waals surface area contributed by atoms with Crippen molar-refractivity contribution in [3.8, 4) is 29.4 Å². The molecule has 276 valence electrons. The van der Waals surface area contributed by atoms with Crippen LogP contribution in [-0.4, -0.2) is 41.4 Å². The Bertz CT molecular complexity index is 2630. The molecule has 6 aromatic carbocycles. The second-order valence-corrected chi connectivity index (χ2v) is 13.7. The highest BCUT2D eigenvalue weighted by Gasteiger charge is 2.47. The molecular formula is C47H34N6O4. The van der Waals surface area contributed by atoms with Gasteiger partial charge in [0.05, 0.1) is 31.7 Å². The zero-order valence-electron chi connectivity index (χ0n) is 30.8. The van der Waals surface area contributed by atoms with Crippen LogP contribution in [0.4, 0.5) is 0 Å². The zero-order chi connectivity index (χ0) is 39.4. The van der Waals surface area contributed by atoms with Crippen LogP contribution in [0.25, 0.3) is 0 Å². The minimum absolute atomic E-state index is 0.105. The first-order valence-corrected chi connectivity index (χ1v) is 18.2. The lowest BCUT2D eigenvalue weighted by Gasteiger charge is -2.39. The van der Waals surface area contributed by atoms with Gasteiger partial charge in [0.1, 0.15) is 5.75 Å². The van der Waals surface area contributed by atoms with E-state index in [0.717, 1.165) is 16.7 Å². The quantitative estimate of drug-likeness (QED) is 0.146. The summed E-state index contributed by atoms with van der Waals surface area (Å²) in [5.74, 6) is 0.561. The largest absolute Gasteiger partial charge is 0.493 e. The van der Waals surface area contributed by atoms with Crippen molar-refractivity contribution in [2.75, 3.05) is 7.11 Å². The van der Waals surface area contributed by atoms with Gasteiger partial charge in [-0.25, -0.2) is 10.0 Å². The average molecular weight is 747 g/mol. The van der Waals surface area contributed by atoms with Crippen molar-refractivity contribution >= 4 is 24.2 Å². The molecule has 2 amide bonds. The van der Waals surface area contributed by atoms with E-state index in [1.54, 1.807) is 92.3 Å². The van der Waals surface area contributed by atoms with Gasteiger partial charge in [0.15, 0.2) is 22.6 Å². The van der Waals surface area contributed by atoms with Gasteiger partial charge < -0.3 is 9.47 Å². The topological polar surface area (TPSA) is 131 Å². The lowest BCUT2D eigenvalue weighted by Crippen LogP contribution is -2.49. The van der Waals surface area contributed by atoms with Crippen LogP contribution in [-0.2, 0) is 23.9 Å². The summed E-state index contributed by atoms with van der Waals surface area (Å²) in [5.41, 5.74) is 2.26. The van der Waals surface area contributed by atoms with E-state index in [-0.39, 0.29) is 18.7 Å². The van der Waals surface area contributed by atoms with Gasteiger partial charge in [-0.15, -0.1) is 0 Å². The third-order valence-corrected chi connectivity index (χ3v) is 10.3. The first kappa shape index (κ1) is 36.2. The molecule has 0 saturated carbocycles. The van der Waals surface area contributed by atoms with E-state index in [9.17, 15) is 20.1 Å². The number of fused-ring (bicyclic) bond motifs is 2. The smallest absolute Gasteiger partial charge is 0.275 e. The monoisotopic (exact) mass is 746 g/mol. The number of hydrazone groups is 2. The maximum atomic E-state index is 13.9. The van der Waals surface area contributed by atoms with Crippen molar-refractivity contribution in [1.82, 2.24) is 10.0 Å². The van der Waals surface area contributed by atoms with Crippen molar-refractivity contribution in [3.63, 3.8) is 0 Å². The molecule has 8 rings (SSSR count). The Morgan fingerprint density at radius 2 is 1.04 bits per heavy atom. The molecule has 57 heavy (non-hydrogen) atoms. The standard InChI is InChI=1S/C47H34N6O4/c1-56-42-25-22-34(28-47(32-49)41-19-11-9-17-38(41)30-51-53(47)45(55)36-14-6-3-7-15-36)26-43(42)57-39-23-20-33(21-24-39)27-46(31-48)40-18-10-8-16-37(40)29-50-52(46)44(54)35-12-4-2-5-13-35/h2-26,29-30H,27-28H2,1H3. The third-order valence-electron chi connectivity index (χ3n) is 10.3. The van der Waals surface area contributed by atoms with Crippen LogP contribution in [0.15, 0.2) is 162 Å². The number of hydrogen-bond acceptors (Lipinski definition) is 8. The Balaban J connectivity index is 1.09. The Morgan fingerprint density at radius 1 is 0.579 bits per heavy atom.